The molecule has 108 valence electrons. The number of likely N-dealkylation sites (tertiary alicyclic amines) is 1. The van der Waals surface area contributed by atoms with Gasteiger partial charge in [0.25, 0.3) is 5.91 Å². The smallest absolute Gasteiger partial charge is 0.254 e. The lowest BCUT2D eigenvalue weighted by atomic mass is 9.95. The van der Waals surface area contributed by atoms with Crippen LogP contribution in [0.15, 0.2) is 48.7 Å². The Morgan fingerprint density at radius 2 is 1.95 bits per heavy atom. The van der Waals surface area contributed by atoms with Crippen molar-refractivity contribution < 1.29 is 4.79 Å². The Kier molecular flexibility index (Phi) is 3.86. The molecule has 2 N–H and O–H groups in total. The van der Waals surface area contributed by atoms with E-state index in [4.69, 9.17) is 5.73 Å². The first-order valence-electron chi connectivity index (χ1n) is 7.33. The van der Waals surface area contributed by atoms with E-state index in [-0.39, 0.29) is 11.9 Å². The highest BCUT2D eigenvalue weighted by molar-refractivity contribution is 5.94. The van der Waals surface area contributed by atoms with Crippen LogP contribution in [0.3, 0.4) is 0 Å². The maximum atomic E-state index is 12.7. The standard InChI is InChI=1S/C17H19N3O/c18-16-10-9-14(12-19-16)15-8-4-5-11-20(15)17(21)13-6-2-1-3-7-13/h1-3,6-7,9-10,12,15H,4-5,8,11H2,(H2,18,19)/t15-/m0/s1. The lowest BCUT2D eigenvalue weighted by Crippen LogP contribution is -2.38. The summed E-state index contributed by atoms with van der Waals surface area (Å²) in [5, 5.41) is 0. The molecule has 1 amide bonds. The van der Waals surface area contributed by atoms with Crippen LogP contribution in [0.4, 0.5) is 5.82 Å². The van der Waals surface area contributed by atoms with Crippen molar-refractivity contribution in [3.8, 4) is 0 Å². The van der Waals surface area contributed by atoms with E-state index in [9.17, 15) is 4.79 Å². The molecule has 2 aromatic rings. The molecule has 4 heteroatoms. The maximum absolute atomic E-state index is 12.7. The first kappa shape index (κ1) is 13.6. The third-order valence-corrected chi connectivity index (χ3v) is 3.98. The summed E-state index contributed by atoms with van der Waals surface area (Å²) in [6.45, 7) is 0.794. The minimum atomic E-state index is 0.0946. The lowest BCUT2D eigenvalue weighted by molar-refractivity contribution is 0.0611. The van der Waals surface area contributed by atoms with Gasteiger partial charge in [0.2, 0.25) is 0 Å². The number of nitrogen functional groups attached to an aromatic ring is 1. The van der Waals surface area contributed by atoms with Crippen LogP contribution in [0.2, 0.25) is 0 Å². The molecule has 0 aliphatic carbocycles. The summed E-state index contributed by atoms with van der Waals surface area (Å²) >= 11 is 0. The number of hydrogen-bond donors (Lipinski definition) is 1. The van der Waals surface area contributed by atoms with E-state index in [1.165, 1.54) is 0 Å². The van der Waals surface area contributed by atoms with Crippen molar-refractivity contribution in [2.45, 2.75) is 25.3 Å². The number of pyridine rings is 1. The summed E-state index contributed by atoms with van der Waals surface area (Å²) in [4.78, 5) is 18.9. The van der Waals surface area contributed by atoms with Crippen molar-refractivity contribution in [2.24, 2.45) is 0 Å². The van der Waals surface area contributed by atoms with Crippen LogP contribution in [-0.2, 0) is 0 Å². The molecule has 1 saturated heterocycles. The minimum absolute atomic E-state index is 0.0946. The van der Waals surface area contributed by atoms with Gasteiger partial charge in [-0.05, 0) is 43.0 Å². The second-order valence-corrected chi connectivity index (χ2v) is 5.39. The number of nitrogens with two attached hydrogens (primary N) is 1. The van der Waals surface area contributed by atoms with Gasteiger partial charge >= 0.3 is 0 Å². The van der Waals surface area contributed by atoms with Crippen molar-refractivity contribution in [3.63, 3.8) is 0 Å². The number of anilines is 1. The fourth-order valence-corrected chi connectivity index (χ4v) is 2.88. The van der Waals surface area contributed by atoms with E-state index < -0.39 is 0 Å². The number of rotatable bonds is 2. The zero-order chi connectivity index (χ0) is 14.7. The van der Waals surface area contributed by atoms with E-state index in [1.54, 1.807) is 12.3 Å². The van der Waals surface area contributed by atoms with Crippen molar-refractivity contribution in [1.29, 1.82) is 0 Å². The Morgan fingerprint density at radius 1 is 1.14 bits per heavy atom. The topological polar surface area (TPSA) is 59.2 Å². The molecule has 1 fully saturated rings. The predicted octanol–water partition coefficient (Wildman–Crippen LogP) is 3.03. The summed E-state index contributed by atoms with van der Waals surface area (Å²) in [6.07, 6.45) is 4.95. The molecule has 0 saturated carbocycles. The highest BCUT2D eigenvalue weighted by Crippen LogP contribution is 2.31. The first-order valence-corrected chi connectivity index (χ1v) is 7.33. The zero-order valence-corrected chi connectivity index (χ0v) is 11.9. The van der Waals surface area contributed by atoms with Gasteiger partial charge in [0.05, 0.1) is 6.04 Å². The van der Waals surface area contributed by atoms with Gasteiger partial charge in [0.15, 0.2) is 0 Å². The van der Waals surface area contributed by atoms with Gasteiger partial charge in [0, 0.05) is 18.3 Å². The molecule has 0 radical (unpaired) electrons. The second kappa shape index (κ2) is 5.95. The Morgan fingerprint density at radius 3 is 2.67 bits per heavy atom. The van der Waals surface area contributed by atoms with Crippen molar-refractivity contribution in [3.05, 3.63) is 59.8 Å². The Labute approximate surface area is 124 Å². The molecule has 21 heavy (non-hydrogen) atoms. The van der Waals surface area contributed by atoms with Crippen LogP contribution in [0.1, 0.15) is 41.2 Å². The number of carbonyl (C=O) groups excluding carboxylic acids is 1. The number of piperidine rings is 1. The van der Waals surface area contributed by atoms with Crippen LogP contribution >= 0.6 is 0 Å². The van der Waals surface area contributed by atoms with E-state index in [0.717, 1.165) is 36.9 Å². The molecule has 1 aliphatic heterocycles. The van der Waals surface area contributed by atoms with Gasteiger partial charge in [0.1, 0.15) is 5.82 Å². The summed E-state index contributed by atoms with van der Waals surface area (Å²) in [5.41, 5.74) is 7.46. The van der Waals surface area contributed by atoms with Crippen LogP contribution < -0.4 is 5.73 Å². The van der Waals surface area contributed by atoms with Gasteiger partial charge < -0.3 is 10.6 Å². The third kappa shape index (κ3) is 2.89. The molecule has 2 heterocycles. The van der Waals surface area contributed by atoms with Gasteiger partial charge in [-0.25, -0.2) is 4.98 Å². The second-order valence-electron chi connectivity index (χ2n) is 5.39. The normalized spacial score (nSPS) is 18.5. The van der Waals surface area contributed by atoms with Crippen LogP contribution in [0, 0.1) is 0 Å². The minimum Gasteiger partial charge on any atom is -0.384 e. The number of hydrogen-bond acceptors (Lipinski definition) is 3. The molecule has 1 atom stereocenters. The van der Waals surface area contributed by atoms with E-state index >= 15 is 0 Å². The molecule has 0 spiro atoms. The first-order chi connectivity index (χ1) is 10.3. The molecular formula is C17H19N3O. The lowest BCUT2D eigenvalue weighted by Gasteiger charge is -2.36. The van der Waals surface area contributed by atoms with Crippen molar-refractivity contribution in [1.82, 2.24) is 9.88 Å². The van der Waals surface area contributed by atoms with Gasteiger partial charge in [-0.3, -0.25) is 4.79 Å². The van der Waals surface area contributed by atoms with Crippen LogP contribution in [0.25, 0.3) is 0 Å². The molecule has 1 aromatic heterocycles. The largest absolute Gasteiger partial charge is 0.384 e. The molecular weight excluding hydrogens is 262 g/mol. The number of aromatic nitrogens is 1. The fraction of sp³-hybridized carbons (Fsp3) is 0.294. The molecule has 1 aromatic carbocycles. The summed E-state index contributed by atoms with van der Waals surface area (Å²) in [5.74, 6) is 0.604. The molecule has 4 nitrogen and oxygen atoms in total. The Bertz CT molecular complexity index is 610. The fourth-order valence-electron chi connectivity index (χ4n) is 2.88. The average Bonchev–Trinajstić information content (AvgIpc) is 2.56. The Hall–Kier alpha value is -2.36. The van der Waals surface area contributed by atoms with E-state index in [0.29, 0.717) is 5.82 Å². The highest BCUT2D eigenvalue weighted by atomic mass is 16.2. The molecule has 0 unspecified atom stereocenters. The maximum Gasteiger partial charge on any atom is 0.254 e. The summed E-state index contributed by atoms with van der Waals surface area (Å²) in [7, 11) is 0. The number of amides is 1. The predicted molar refractivity (Wildman–Crippen MR) is 82.7 cm³/mol. The van der Waals surface area contributed by atoms with Gasteiger partial charge in [-0.15, -0.1) is 0 Å². The monoisotopic (exact) mass is 281 g/mol. The van der Waals surface area contributed by atoms with E-state index in [1.807, 2.05) is 41.3 Å². The van der Waals surface area contributed by atoms with Crippen LogP contribution in [0.5, 0.6) is 0 Å². The number of carbonyl (C=O) groups is 1. The van der Waals surface area contributed by atoms with Gasteiger partial charge in [-0.2, -0.15) is 0 Å². The van der Waals surface area contributed by atoms with Gasteiger partial charge in [-0.1, -0.05) is 24.3 Å². The average molecular weight is 281 g/mol. The SMILES string of the molecule is Nc1ccc([C@@H]2CCCCN2C(=O)c2ccccc2)cn1. The number of nitrogens with zero attached hydrogens (tertiary/aromatic N) is 2. The van der Waals surface area contributed by atoms with Crippen molar-refractivity contribution >= 4 is 11.7 Å². The molecule has 0 bridgehead atoms. The summed E-state index contributed by atoms with van der Waals surface area (Å²) < 4.78 is 0. The summed E-state index contributed by atoms with van der Waals surface area (Å²) in [6, 6.07) is 13.3. The molecule has 1 aliphatic rings. The van der Waals surface area contributed by atoms with Crippen LogP contribution in [-0.4, -0.2) is 22.3 Å². The quantitative estimate of drug-likeness (QED) is 0.920. The van der Waals surface area contributed by atoms with Crippen molar-refractivity contribution in [2.75, 3.05) is 12.3 Å². The van der Waals surface area contributed by atoms with E-state index in [2.05, 4.69) is 4.98 Å². The highest BCUT2D eigenvalue weighted by Gasteiger charge is 2.28. The third-order valence-electron chi connectivity index (χ3n) is 3.98. The number of benzene rings is 1. The molecule has 3 rings (SSSR count). The Balaban J connectivity index is 1.88. The zero-order valence-electron chi connectivity index (χ0n) is 11.9.